The van der Waals surface area contributed by atoms with Gasteiger partial charge < -0.3 is 20.2 Å². The van der Waals surface area contributed by atoms with E-state index in [0.717, 1.165) is 44.5 Å². The van der Waals surface area contributed by atoms with Crippen LogP contribution in [-0.2, 0) is 10.4 Å². The van der Waals surface area contributed by atoms with Crippen LogP contribution in [0.25, 0.3) is 0 Å². The largest absolute Gasteiger partial charge is 0.430 e. The third kappa shape index (κ3) is 5.55. The summed E-state index contributed by atoms with van der Waals surface area (Å²) < 4.78 is 41.1. The Hall–Kier alpha value is -2.85. The predicted octanol–water partition coefficient (Wildman–Crippen LogP) is 3.86. The van der Waals surface area contributed by atoms with Crippen molar-refractivity contribution in [3.8, 4) is 0 Å². The molecule has 2 heterocycles. The lowest BCUT2D eigenvalue weighted by Gasteiger charge is -2.33. The molecule has 4 rings (SSSR count). The molecule has 1 aromatic carbocycles. The summed E-state index contributed by atoms with van der Waals surface area (Å²) in [5.41, 5.74) is -3.75. The normalized spacial score (nSPS) is 21.8. The van der Waals surface area contributed by atoms with Crippen molar-refractivity contribution in [2.24, 2.45) is 17.8 Å². The van der Waals surface area contributed by atoms with Crippen molar-refractivity contribution in [1.29, 1.82) is 0 Å². The van der Waals surface area contributed by atoms with Gasteiger partial charge in [-0.25, -0.2) is 4.98 Å². The van der Waals surface area contributed by atoms with Gasteiger partial charge >= 0.3 is 6.18 Å². The molecule has 0 spiro atoms. The first kappa shape index (κ1) is 27.2. The summed E-state index contributed by atoms with van der Waals surface area (Å²) in [7, 11) is 3.29. The van der Waals surface area contributed by atoms with Crippen molar-refractivity contribution in [2.45, 2.75) is 31.0 Å². The quantitative estimate of drug-likeness (QED) is 0.523. The summed E-state index contributed by atoms with van der Waals surface area (Å²) in [5, 5.41) is 12.9. The number of halogens is 4. The number of piperidine rings is 1. The first-order valence-electron chi connectivity index (χ1n) is 12.2. The monoisotopic (exact) mass is 538 g/mol. The minimum atomic E-state index is -5.15. The van der Waals surface area contributed by atoms with E-state index in [-0.39, 0.29) is 23.5 Å². The van der Waals surface area contributed by atoms with Crippen molar-refractivity contribution in [1.82, 2.24) is 15.2 Å². The van der Waals surface area contributed by atoms with Gasteiger partial charge in [-0.05, 0) is 49.1 Å². The van der Waals surface area contributed by atoms with Crippen LogP contribution in [0.3, 0.4) is 0 Å². The van der Waals surface area contributed by atoms with Crippen LogP contribution < -0.4 is 10.2 Å². The zero-order valence-corrected chi connectivity index (χ0v) is 21.4. The Kier molecular flexibility index (Phi) is 7.71. The lowest BCUT2D eigenvalue weighted by atomic mass is 9.90. The number of benzene rings is 1. The van der Waals surface area contributed by atoms with Crippen LogP contribution in [0.15, 0.2) is 42.5 Å². The first-order chi connectivity index (χ1) is 17.4. The van der Waals surface area contributed by atoms with Crippen LogP contribution in [0.5, 0.6) is 0 Å². The van der Waals surface area contributed by atoms with Crippen LogP contribution in [0.4, 0.5) is 19.0 Å². The number of aliphatic hydroxyl groups is 1. The standard InChI is InChI=1S/C26H30ClF3N4O3/c1-33(2)23(35)19-8-9-21(32-22(19)27)34-12-10-16(11-13-34)20-14-17(20)15-31-24(36)25(37,26(28,29)30)18-6-4-3-5-7-18/h3-9,16-17,20,37H,10-15H2,1-2H3,(H,31,36)/t17-,20-,25-/m0/s1. The number of hydrogen-bond donors (Lipinski definition) is 2. The van der Waals surface area contributed by atoms with E-state index in [1.165, 1.54) is 23.1 Å². The smallest absolute Gasteiger partial charge is 0.369 e. The molecule has 1 saturated carbocycles. The van der Waals surface area contributed by atoms with E-state index in [1.807, 2.05) is 0 Å². The molecule has 11 heteroatoms. The van der Waals surface area contributed by atoms with Gasteiger partial charge in [0.25, 0.3) is 17.4 Å². The second kappa shape index (κ2) is 10.5. The summed E-state index contributed by atoms with van der Waals surface area (Å²) in [6, 6.07) is 9.87. The predicted molar refractivity (Wildman–Crippen MR) is 133 cm³/mol. The molecule has 2 aromatic rings. The molecule has 2 aliphatic rings. The minimum Gasteiger partial charge on any atom is -0.369 e. The van der Waals surface area contributed by atoms with E-state index >= 15 is 0 Å². The summed E-state index contributed by atoms with van der Waals surface area (Å²) in [6.45, 7) is 1.58. The number of aromatic nitrogens is 1. The Labute approximate surface area is 218 Å². The average molecular weight is 539 g/mol. The number of rotatable bonds is 7. The second-order valence-corrected chi connectivity index (χ2v) is 10.3. The molecule has 1 aromatic heterocycles. The van der Waals surface area contributed by atoms with E-state index in [2.05, 4.69) is 15.2 Å². The number of nitrogens with one attached hydrogen (secondary N) is 1. The first-order valence-corrected chi connectivity index (χ1v) is 12.6. The molecule has 0 unspecified atom stereocenters. The Balaban J connectivity index is 1.29. The molecular formula is C26H30ClF3N4O3. The third-order valence-electron chi connectivity index (χ3n) is 7.37. The molecule has 1 saturated heterocycles. The van der Waals surface area contributed by atoms with Crippen LogP contribution in [-0.4, -0.2) is 66.7 Å². The highest BCUT2D eigenvalue weighted by molar-refractivity contribution is 6.32. The number of carbonyl (C=O) groups is 2. The average Bonchev–Trinajstić information content (AvgIpc) is 3.66. The zero-order valence-electron chi connectivity index (χ0n) is 20.6. The van der Waals surface area contributed by atoms with E-state index in [1.54, 1.807) is 26.2 Å². The van der Waals surface area contributed by atoms with Gasteiger partial charge in [0.05, 0.1) is 5.56 Å². The van der Waals surface area contributed by atoms with Crippen molar-refractivity contribution in [2.75, 3.05) is 38.6 Å². The number of pyridine rings is 1. The van der Waals surface area contributed by atoms with Crippen molar-refractivity contribution < 1.29 is 27.9 Å². The van der Waals surface area contributed by atoms with Crippen LogP contribution in [0.2, 0.25) is 5.15 Å². The number of nitrogens with zero attached hydrogens (tertiary/aromatic N) is 3. The van der Waals surface area contributed by atoms with Gasteiger partial charge in [-0.3, -0.25) is 9.59 Å². The van der Waals surface area contributed by atoms with E-state index in [9.17, 15) is 27.9 Å². The maximum absolute atomic E-state index is 13.7. The van der Waals surface area contributed by atoms with Gasteiger partial charge in [-0.15, -0.1) is 0 Å². The Morgan fingerprint density at radius 3 is 2.35 bits per heavy atom. The van der Waals surface area contributed by atoms with E-state index in [4.69, 9.17) is 11.6 Å². The van der Waals surface area contributed by atoms with Gasteiger partial charge in [0.2, 0.25) is 0 Å². The van der Waals surface area contributed by atoms with Crippen LogP contribution in [0, 0.1) is 17.8 Å². The minimum absolute atomic E-state index is 0.0812. The number of hydrogen-bond acceptors (Lipinski definition) is 5. The van der Waals surface area contributed by atoms with E-state index in [0.29, 0.717) is 23.2 Å². The van der Waals surface area contributed by atoms with Gasteiger partial charge in [-0.2, -0.15) is 13.2 Å². The topological polar surface area (TPSA) is 85.8 Å². The highest BCUT2D eigenvalue weighted by atomic mass is 35.5. The van der Waals surface area contributed by atoms with Crippen molar-refractivity contribution in [3.05, 3.63) is 58.7 Å². The SMILES string of the molecule is CN(C)C(=O)c1ccc(N2CCC([C@@H]3C[C@H]3CNC(=O)[C@@](O)(c3ccccc3)C(F)(F)F)CC2)nc1Cl. The van der Waals surface area contributed by atoms with Crippen molar-refractivity contribution >= 4 is 29.2 Å². The number of carbonyl (C=O) groups excluding carboxylic acids is 2. The Morgan fingerprint density at radius 1 is 1.14 bits per heavy atom. The van der Waals surface area contributed by atoms with Crippen LogP contribution in [0.1, 0.15) is 35.2 Å². The number of amides is 2. The molecule has 1 aliphatic carbocycles. The third-order valence-corrected chi connectivity index (χ3v) is 7.66. The molecule has 2 amide bonds. The lowest BCUT2D eigenvalue weighted by Crippen LogP contribution is -2.54. The second-order valence-electron chi connectivity index (χ2n) is 9.98. The maximum atomic E-state index is 13.7. The highest BCUT2D eigenvalue weighted by Gasteiger charge is 2.61. The maximum Gasteiger partial charge on any atom is 0.430 e. The van der Waals surface area contributed by atoms with Gasteiger partial charge in [0.1, 0.15) is 11.0 Å². The molecular weight excluding hydrogens is 509 g/mol. The molecule has 0 radical (unpaired) electrons. The summed E-state index contributed by atoms with van der Waals surface area (Å²) in [5.74, 6) is -0.185. The van der Waals surface area contributed by atoms with E-state index < -0.39 is 23.2 Å². The lowest BCUT2D eigenvalue weighted by molar-refractivity contribution is -0.257. The number of alkyl halides is 3. The molecule has 37 heavy (non-hydrogen) atoms. The van der Waals surface area contributed by atoms with Gasteiger partial charge in [-0.1, -0.05) is 41.9 Å². The Morgan fingerprint density at radius 2 is 1.78 bits per heavy atom. The van der Waals surface area contributed by atoms with Gasteiger partial charge in [0.15, 0.2) is 0 Å². The summed E-state index contributed by atoms with van der Waals surface area (Å²) in [4.78, 5) is 32.6. The van der Waals surface area contributed by atoms with Gasteiger partial charge in [0, 0.05) is 39.3 Å². The van der Waals surface area contributed by atoms with Crippen LogP contribution >= 0.6 is 11.6 Å². The molecule has 3 atom stereocenters. The molecule has 0 bridgehead atoms. The molecule has 7 nitrogen and oxygen atoms in total. The summed E-state index contributed by atoms with van der Waals surface area (Å²) >= 11 is 6.25. The fourth-order valence-corrected chi connectivity index (χ4v) is 5.33. The fraction of sp³-hybridized carbons (Fsp3) is 0.500. The fourth-order valence-electron chi connectivity index (χ4n) is 5.10. The highest BCUT2D eigenvalue weighted by Crippen LogP contribution is 2.48. The Bertz CT molecular complexity index is 1140. The molecule has 2 N–H and O–H groups in total. The molecule has 2 fully saturated rings. The molecule has 1 aliphatic heterocycles. The zero-order chi connectivity index (χ0) is 27.0. The summed E-state index contributed by atoms with van der Waals surface area (Å²) in [6.07, 6.45) is -2.57. The van der Waals surface area contributed by atoms with Crippen molar-refractivity contribution in [3.63, 3.8) is 0 Å². The molecule has 200 valence electrons. The number of anilines is 1.